The van der Waals surface area contributed by atoms with Gasteiger partial charge in [-0.3, -0.25) is 0 Å². The molecule has 0 bridgehead atoms. The van der Waals surface area contributed by atoms with E-state index in [1.165, 1.54) is 12.1 Å². The maximum atomic E-state index is 12.1. The normalized spacial score (nSPS) is 14.4. The highest BCUT2D eigenvalue weighted by Gasteiger charge is 2.19. The van der Waals surface area contributed by atoms with Crippen molar-refractivity contribution in [1.29, 1.82) is 0 Å². The van der Waals surface area contributed by atoms with Gasteiger partial charge in [-0.2, -0.15) is 8.42 Å². The van der Waals surface area contributed by atoms with Crippen LogP contribution in [0, 0.1) is 6.92 Å². The monoisotopic (exact) mass is 304 g/mol. The first-order chi connectivity index (χ1) is 10.1. The second-order valence-corrected chi connectivity index (χ2v) is 6.53. The predicted octanol–water partition coefficient (Wildman–Crippen LogP) is 2.52. The molecule has 0 atom stereocenters. The number of allylic oxidation sites excluding steroid dienone is 1. The number of hydroxylamine groups is 1. The van der Waals surface area contributed by atoms with Crippen molar-refractivity contribution >= 4 is 15.8 Å². The third-order valence-electron chi connectivity index (χ3n) is 3.44. The molecule has 1 aromatic carbocycles. The second kappa shape index (κ2) is 5.38. The van der Waals surface area contributed by atoms with E-state index in [2.05, 4.69) is 10.5 Å². The van der Waals surface area contributed by atoms with Crippen molar-refractivity contribution < 1.29 is 12.7 Å². The Hall–Kier alpha value is -2.05. The quantitative estimate of drug-likeness (QED) is 0.852. The van der Waals surface area contributed by atoms with Crippen molar-refractivity contribution in [3.8, 4) is 0 Å². The minimum Gasteiger partial charge on any atom is -0.364 e. The van der Waals surface area contributed by atoms with Crippen LogP contribution in [0.5, 0.6) is 0 Å². The maximum Gasteiger partial charge on any atom is 0.317 e. The molecule has 0 spiro atoms. The standard InChI is InChI=1S/C15H16N2O3S/c1-11-5-7-12(8-6-11)21(18,19)20-17-15-4-2-3-14-13(15)9-10-16-14/h4-10,16-17H,2-3H2,1H3. The van der Waals surface area contributed by atoms with Crippen LogP contribution >= 0.6 is 0 Å². The van der Waals surface area contributed by atoms with Crippen molar-refractivity contribution in [1.82, 2.24) is 10.5 Å². The fraction of sp³-hybridized carbons (Fsp3) is 0.200. The summed E-state index contributed by atoms with van der Waals surface area (Å²) in [6, 6.07) is 8.43. The van der Waals surface area contributed by atoms with Gasteiger partial charge in [0, 0.05) is 17.5 Å². The van der Waals surface area contributed by atoms with Crippen molar-refractivity contribution in [2.75, 3.05) is 0 Å². The molecule has 1 aromatic heterocycles. The SMILES string of the molecule is Cc1ccc(S(=O)(=O)ONC2=CCCc3[nH]ccc32)cc1. The van der Waals surface area contributed by atoms with E-state index in [0.717, 1.165) is 29.7 Å². The van der Waals surface area contributed by atoms with E-state index in [9.17, 15) is 8.42 Å². The fourth-order valence-corrected chi connectivity index (χ4v) is 3.05. The Morgan fingerprint density at radius 3 is 2.71 bits per heavy atom. The lowest BCUT2D eigenvalue weighted by molar-refractivity contribution is 0.258. The van der Waals surface area contributed by atoms with Gasteiger partial charge in [0.05, 0.1) is 10.6 Å². The first-order valence-electron chi connectivity index (χ1n) is 6.69. The molecule has 2 N–H and O–H groups in total. The van der Waals surface area contributed by atoms with Gasteiger partial charge in [0.25, 0.3) is 0 Å². The highest BCUT2D eigenvalue weighted by Crippen LogP contribution is 2.24. The molecule has 0 aliphatic heterocycles. The number of hydrogen-bond donors (Lipinski definition) is 2. The summed E-state index contributed by atoms with van der Waals surface area (Å²) in [6.07, 6.45) is 5.52. The minimum absolute atomic E-state index is 0.131. The lowest BCUT2D eigenvalue weighted by atomic mass is 10.0. The number of nitrogens with one attached hydrogen (secondary N) is 2. The van der Waals surface area contributed by atoms with Crippen LogP contribution < -0.4 is 5.48 Å². The Kier molecular flexibility index (Phi) is 3.57. The third-order valence-corrected chi connectivity index (χ3v) is 4.59. The number of aromatic amines is 1. The molecule has 1 heterocycles. The zero-order valence-electron chi connectivity index (χ0n) is 11.6. The van der Waals surface area contributed by atoms with Gasteiger partial charge in [0.15, 0.2) is 0 Å². The van der Waals surface area contributed by atoms with Gasteiger partial charge >= 0.3 is 10.1 Å². The Bertz CT molecular complexity index is 774. The van der Waals surface area contributed by atoms with Gasteiger partial charge in [0.1, 0.15) is 0 Å². The van der Waals surface area contributed by atoms with Gasteiger partial charge in [-0.1, -0.05) is 23.8 Å². The Balaban J connectivity index is 1.76. The van der Waals surface area contributed by atoms with Gasteiger partial charge in [0.2, 0.25) is 0 Å². The summed E-state index contributed by atoms with van der Waals surface area (Å²) in [5.41, 5.74) is 6.26. The molecule has 0 fully saturated rings. The van der Waals surface area contributed by atoms with Gasteiger partial charge in [-0.25, -0.2) is 5.48 Å². The summed E-state index contributed by atoms with van der Waals surface area (Å²) < 4.78 is 29.2. The second-order valence-electron chi connectivity index (χ2n) is 4.98. The van der Waals surface area contributed by atoms with Gasteiger partial charge in [-0.05, 0) is 38.0 Å². The molecular formula is C15H16N2O3S. The average molecular weight is 304 g/mol. The Labute approximate surface area is 123 Å². The number of benzene rings is 1. The van der Waals surface area contributed by atoms with Crippen LogP contribution in [0.3, 0.4) is 0 Å². The molecule has 0 saturated carbocycles. The Morgan fingerprint density at radius 2 is 1.95 bits per heavy atom. The number of hydrogen-bond acceptors (Lipinski definition) is 4. The van der Waals surface area contributed by atoms with E-state index in [4.69, 9.17) is 4.28 Å². The molecule has 0 unspecified atom stereocenters. The molecule has 110 valence electrons. The number of fused-ring (bicyclic) bond motifs is 1. The summed E-state index contributed by atoms with van der Waals surface area (Å²) in [5, 5.41) is 0. The van der Waals surface area contributed by atoms with Crippen LogP contribution in [0.4, 0.5) is 0 Å². The van der Waals surface area contributed by atoms with E-state index in [1.807, 2.05) is 25.3 Å². The van der Waals surface area contributed by atoms with E-state index >= 15 is 0 Å². The molecule has 0 amide bonds. The zero-order valence-corrected chi connectivity index (χ0v) is 12.4. The summed E-state index contributed by atoms with van der Waals surface area (Å²) in [5.74, 6) is 0. The molecule has 1 aliphatic rings. The summed E-state index contributed by atoms with van der Waals surface area (Å²) >= 11 is 0. The molecule has 5 nitrogen and oxygen atoms in total. The fourth-order valence-electron chi connectivity index (χ4n) is 2.28. The van der Waals surface area contributed by atoms with Gasteiger partial charge in [-0.15, -0.1) is 4.28 Å². The molecule has 21 heavy (non-hydrogen) atoms. The highest BCUT2D eigenvalue weighted by atomic mass is 32.2. The molecule has 0 saturated heterocycles. The van der Waals surface area contributed by atoms with Crippen molar-refractivity contribution in [3.05, 3.63) is 59.4 Å². The van der Waals surface area contributed by atoms with Crippen molar-refractivity contribution in [3.63, 3.8) is 0 Å². The average Bonchev–Trinajstić information content (AvgIpc) is 2.94. The van der Waals surface area contributed by atoms with Crippen LogP contribution in [-0.2, 0) is 20.8 Å². The summed E-state index contributed by atoms with van der Waals surface area (Å²) in [6.45, 7) is 1.90. The first-order valence-corrected chi connectivity index (χ1v) is 8.10. The number of rotatable bonds is 4. The lowest BCUT2D eigenvalue weighted by Gasteiger charge is -2.15. The minimum atomic E-state index is -3.82. The molecule has 0 radical (unpaired) electrons. The van der Waals surface area contributed by atoms with Crippen molar-refractivity contribution in [2.24, 2.45) is 0 Å². The topological polar surface area (TPSA) is 71.2 Å². The largest absolute Gasteiger partial charge is 0.364 e. The van der Waals surface area contributed by atoms with E-state index in [-0.39, 0.29) is 4.90 Å². The summed E-state index contributed by atoms with van der Waals surface area (Å²) in [4.78, 5) is 3.27. The molecule has 2 aromatic rings. The van der Waals surface area contributed by atoms with Crippen LogP contribution in [0.2, 0.25) is 0 Å². The van der Waals surface area contributed by atoms with Gasteiger partial charge < -0.3 is 4.98 Å². The highest BCUT2D eigenvalue weighted by molar-refractivity contribution is 7.86. The smallest absolute Gasteiger partial charge is 0.317 e. The third kappa shape index (κ3) is 2.86. The molecule has 1 aliphatic carbocycles. The van der Waals surface area contributed by atoms with E-state index < -0.39 is 10.1 Å². The van der Waals surface area contributed by atoms with Crippen LogP contribution in [0.1, 0.15) is 23.2 Å². The molecule has 3 rings (SSSR count). The van der Waals surface area contributed by atoms with Crippen molar-refractivity contribution in [2.45, 2.75) is 24.7 Å². The number of H-pyrrole nitrogens is 1. The van der Waals surface area contributed by atoms with E-state index in [1.54, 1.807) is 12.1 Å². The Morgan fingerprint density at radius 1 is 1.19 bits per heavy atom. The zero-order chi connectivity index (χ0) is 14.9. The number of aromatic nitrogens is 1. The van der Waals surface area contributed by atoms with Crippen LogP contribution in [-0.4, -0.2) is 13.4 Å². The lowest BCUT2D eigenvalue weighted by Crippen LogP contribution is -2.20. The van der Waals surface area contributed by atoms with Crippen LogP contribution in [0.25, 0.3) is 5.70 Å². The van der Waals surface area contributed by atoms with E-state index in [0.29, 0.717) is 5.70 Å². The first kappa shape index (κ1) is 13.9. The summed E-state index contributed by atoms with van der Waals surface area (Å²) in [7, 11) is -3.82. The number of aryl methyl sites for hydroxylation is 2. The maximum absolute atomic E-state index is 12.1. The predicted molar refractivity (Wildman–Crippen MR) is 79.7 cm³/mol. The van der Waals surface area contributed by atoms with Crippen LogP contribution in [0.15, 0.2) is 47.5 Å². The molecule has 6 heteroatoms. The molecular weight excluding hydrogens is 288 g/mol.